The number of hydrogen-bond donors (Lipinski definition) is 9. The van der Waals surface area contributed by atoms with Crippen molar-refractivity contribution < 1.29 is 39.0 Å². The molecular formula is C23H30N6O8S. The number of carbonyl (C=O) groups is 6. The number of fused-ring (bicyclic) bond motifs is 1. The molecule has 14 nitrogen and oxygen atoms in total. The van der Waals surface area contributed by atoms with Crippen molar-refractivity contribution in [2.24, 2.45) is 11.5 Å². The Balaban J connectivity index is 2.10. The lowest BCUT2D eigenvalue weighted by molar-refractivity contribution is -0.142. The Labute approximate surface area is 222 Å². The Hall–Kier alpha value is -4.11. The van der Waals surface area contributed by atoms with Crippen molar-refractivity contribution in [3.63, 3.8) is 0 Å². The minimum atomic E-state index is -1.55. The van der Waals surface area contributed by atoms with Gasteiger partial charge < -0.3 is 42.6 Å². The number of rotatable bonds is 15. The zero-order chi connectivity index (χ0) is 28.4. The third kappa shape index (κ3) is 8.77. The molecule has 0 spiro atoms. The van der Waals surface area contributed by atoms with E-state index in [9.17, 15) is 33.9 Å². The molecule has 0 aliphatic rings. The first-order valence-electron chi connectivity index (χ1n) is 11.5. The van der Waals surface area contributed by atoms with Gasteiger partial charge >= 0.3 is 11.9 Å². The lowest BCUT2D eigenvalue weighted by atomic mass is 10.0. The minimum absolute atomic E-state index is 0.0914. The van der Waals surface area contributed by atoms with Crippen LogP contribution in [0.2, 0.25) is 0 Å². The third-order valence-corrected chi connectivity index (χ3v) is 5.94. The number of aromatic nitrogens is 1. The van der Waals surface area contributed by atoms with Gasteiger partial charge in [-0.25, -0.2) is 4.79 Å². The molecule has 206 valence electrons. The molecular weight excluding hydrogens is 520 g/mol. The number of primary amides is 1. The van der Waals surface area contributed by atoms with E-state index in [2.05, 4.69) is 33.6 Å². The van der Waals surface area contributed by atoms with Crippen molar-refractivity contribution in [2.45, 2.75) is 49.9 Å². The van der Waals surface area contributed by atoms with E-state index in [4.69, 9.17) is 16.6 Å². The molecule has 0 fully saturated rings. The highest BCUT2D eigenvalue weighted by Crippen LogP contribution is 2.19. The number of nitrogens with one attached hydrogen (secondary N) is 4. The number of carboxylic acid groups (broad SMARTS) is 2. The van der Waals surface area contributed by atoms with Crippen LogP contribution in [-0.2, 0) is 35.2 Å². The summed E-state index contributed by atoms with van der Waals surface area (Å²) in [5.41, 5.74) is 12.3. The fraction of sp³-hybridized carbons (Fsp3) is 0.391. The summed E-state index contributed by atoms with van der Waals surface area (Å²) in [5, 5.41) is 26.1. The van der Waals surface area contributed by atoms with E-state index in [1.165, 1.54) is 0 Å². The SMILES string of the molecule is NC(=O)CC(NC(=O)C(CS)NC(=O)C(N)CCC(=O)O)C(=O)NC(Cc1c[nH]c2ccccc12)C(=O)O. The highest BCUT2D eigenvalue weighted by molar-refractivity contribution is 7.80. The molecule has 0 aliphatic carbocycles. The summed E-state index contributed by atoms with van der Waals surface area (Å²) in [7, 11) is 0. The van der Waals surface area contributed by atoms with Crippen LogP contribution < -0.4 is 27.4 Å². The Morgan fingerprint density at radius 3 is 2.13 bits per heavy atom. The van der Waals surface area contributed by atoms with Gasteiger partial charge in [-0.1, -0.05) is 18.2 Å². The number of benzene rings is 1. The zero-order valence-electron chi connectivity index (χ0n) is 20.2. The summed E-state index contributed by atoms with van der Waals surface area (Å²) >= 11 is 4.00. The van der Waals surface area contributed by atoms with Gasteiger partial charge in [0, 0.05) is 35.7 Å². The first-order chi connectivity index (χ1) is 17.9. The Morgan fingerprint density at radius 2 is 1.53 bits per heavy atom. The molecule has 38 heavy (non-hydrogen) atoms. The standard InChI is InChI=1S/C23H30N6O8S/c24-13(5-6-19(31)32)20(33)29-17(10-38)22(35)27-15(8-18(25)30)21(34)28-16(23(36)37)7-11-9-26-14-4-2-1-3-12(11)14/h1-4,9,13,15-17,26,38H,5-8,10,24H2,(H2,25,30)(H,27,35)(H,28,34)(H,29,33)(H,31,32)(H,36,37). The maximum Gasteiger partial charge on any atom is 0.326 e. The van der Waals surface area contributed by atoms with E-state index < -0.39 is 66.2 Å². The van der Waals surface area contributed by atoms with Gasteiger partial charge in [0.1, 0.15) is 18.1 Å². The zero-order valence-corrected chi connectivity index (χ0v) is 21.1. The third-order valence-electron chi connectivity index (χ3n) is 5.57. The summed E-state index contributed by atoms with van der Waals surface area (Å²) in [4.78, 5) is 75.1. The summed E-state index contributed by atoms with van der Waals surface area (Å²) in [6.07, 6.45) is 0.336. The molecule has 0 bridgehead atoms. The van der Waals surface area contributed by atoms with Gasteiger partial charge in [0.25, 0.3) is 0 Å². The number of aromatic amines is 1. The van der Waals surface area contributed by atoms with E-state index in [1.807, 2.05) is 0 Å². The number of carbonyl (C=O) groups excluding carboxylic acids is 4. The monoisotopic (exact) mass is 550 g/mol. The quantitative estimate of drug-likeness (QED) is 0.114. The van der Waals surface area contributed by atoms with Crippen molar-refractivity contribution in [1.29, 1.82) is 0 Å². The van der Waals surface area contributed by atoms with Gasteiger partial charge in [-0.3, -0.25) is 24.0 Å². The van der Waals surface area contributed by atoms with Crippen molar-refractivity contribution in [3.05, 3.63) is 36.0 Å². The number of aliphatic carboxylic acids is 2. The summed E-state index contributed by atoms with van der Waals surface area (Å²) in [6, 6.07) is 1.71. The molecule has 4 amide bonds. The van der Waals surface area contributed by atoms with Crippen molar-refractivity contribution in [3.8, 4) is 0 Å². The van der Waals surface area contributed by atoms with Crippen LogP contribution in [0.5, 0.6) is 0 Å². The molecule has 0 saturated heterocycles. The molecule has 0 saturated carbocycles. The van der Waals surface area contributed by atoms with Crippen LogP contribution in [0.4, 0.5) is 0 Å². The van der Waals surface area contributed by atoms with Gasteiger partial charge in [0.05, 0.1) is 12.5 Å². The van der Waals surface area contributed by atoms with Crippen LogP contribution in [0.15, 0.2) is 30.5 Å². The van der Waals surface area contributed by atoms with Gasteiger partial charge in [-0.05, 0) is 18.1 Å². The van der Waals surface area contributed by atoms with Crippen LogP contribution in [0.1, 0.15) is 24.8 Å². The number of carboxylic acids is 2. The van der Waals surface area contributed by atoms with E-state index >= 15 is 0 Å². The summed E-state index contributed by atoms with van der Waals surface area (Å²) in [6.45, 7) is 0. The van der Waals surface area contributed by atoms with Crippen molar-refractivity contribution in [2.75, 3.05) is 5.75 Å². The number of H-pyrrole nitrogens is 1. The maximum absolute atomic E-state index is 12.9. The fourth-order valence-electron chi connectivity index (χ4n) is 3.56. The first-order valence-corrected chi connectivity index (χ1v) is 12.1. The number of hydrogen-bond acceptors (Lipinski definition) is 8. The number of amides is 4. The Bertz CT molecular complexity index is 1200. The minimum Gasteiger partial charge on any atom is -0.481 e. The van der Waals surface area contributed by atoms with Crippen LogP contribution >= 0.6 is 12.6 Å². The molecule has 2 aromatic rings. The van der Waals surface area contributed by atoms with Gasteiger partial charge in [-0.15, -0.1) is 0 Å². The molecule has 0 aliphatic heterocycles. The van der Waals surface area contributed by atoms with Crippen LogP contribution in [0.3, 0.4) is 0 Å². The van der Waals surface area contributed by atoms with Crippen molar-refractivity contribution in [1.82, 2.24) is 20.9 Å². The number of para-hydroxylation sites is 1. The van der Waals surface area contributed by atoms with Crippen LogP contribution in [0.25, 0.3) is 10.9 Å². The molecule has 1 heterocycles. The summed E-state index contributed by atoms with van der Waals surface area (Å²) in [5.74, 6) is -6.38. The highest BCUT2D eigenvalue weighted by atomic mass is 32.1. The van der Waals surface area contributed by atoms with Gasteiger partial charge in [0.2, 0.25) is 23.6 Å². The normalized spacial score (nSPS) is 14.1. The van der Waals surface area contributed by atoms with Crippen LogP contribution in [0, 0.1) is 0 Å². The topological polar surface area (TPSA) is 247 Å². The first kappa shape index (κ1) is 30.1. The molecule has 15 heteroatoms. The molecule has 2 rings (SSSR count). The largest absolute Gasteiger partial charge is 0.481 e. The average molecular weight is 551 g/mol. The van der Waals surface area contributed by atoms with E-state index in [0.29, 0.717) is 5.56 Å². The second kappa shape index (κ2) is 14.0. The predicted molar refractivity (Wildman–Crippen MR) is 138 cm³/mol. The lowest BCUT2D eigenvalue weighted by Gasteiger charge is -2.24. The van der Waals surface area contributed by atoms with E-state index in [-0.39, 0.29) is 25.0 Å². The van der Waals surface area contributed by atoms with E-state index in [0.717, 1.165) is 10.9 Å². The average Bonchev–Trinajstić information content (AvgIpc) is 3.27. The molecule has 0 radical (unpaired) electrons. The van der Waals surface area contributed by atoms with Gasteiger partial charge in [-0.2, -0.15) is 12.6 Å². The van der Waals surface area contributed by atoms with Crippen LogP contribution in [-0.4, -0.2) is 80.7 Å². The molecule has 1 aromatic carbocycles. The smallest absolute Gasteiger partial charge is 0.326 e. The highest BCUT2D eigenvalue weighted by Gasteiger charge is 2.31. The number of nitrogens with two attached hydrogens (primary N) is 2. The molecule has 4 atom stereocenters. The van der Waals surface area contributed by atoms with E-state index in [1.54, 1.807) is 30.5 Å². The predicted octanol–water partition coefficient (Wildman–Crippen LogP) is -1.75. The van der Waals surface area contributed by atoms with Gasteiger partial charge in [0.15, 0.2) is 0 Å². The summed E-state index contributed by atoms with van der Waals surface area (Å²) < 4.78 is 0. The Kier molecular flexibility index (Phi) is 11.1. The second-order valence-corrected chi connectivity index (χ2v) is 8.84. The maximum atomic E-state index is 12.9. The van der Waals surface area contributed by atoms with Crippen molar-refractivity contribution >= 4 is 59.1 Å². The Morgan fingerprint density at radius 1 is 0.921 bits per heavy atom. The molecule has 1 aromatic heterocycles. The molecule has 4 unspecified atom stereocenters. The fourth-order valence-corrected chi connectivity index (χ4v) is 3.82. The second-order valence-electron chi connectivity index (χ2n) is 8.48. The lowest BCUT2D eigenvalue weighted by Crippen LogP contribution is -2.58. The molecule has 10 N–H and O–H groups in total. The number of thiol groups is 1.